The Kier molecular flexibility index (Phi) is 10.00. The van der Waals surface area contributed by atoms with Crippen molar-refractivity contribution in [2.45, 2.75) is 32.5 Å². The molecular weight excluding hydrogens is 575 g/mol. The molecule has 4 aromatic rings. The smallest absolute Gasteiger partial charge is 0.158 e. The predicted octanol–water partition coefficient (Wildman–Crippen LogP) is 9.53. The van der Waals surface area contributed by atoms with Crippen LogP contribution in [0.3, 0.4) is 0 Å². The number of benzene rings is 3. The van der Waals surface area contributed by atoms with E-state index >= 15 is 0 Å². The Labute approximate surface area is 269 Å². The molecule has 0 aliphatic carbocycles. The molecule has 3 aromatic carbocycles. The van der Waals surface area contributed by atoms with Crippen molar-refractivity contribution in [2.24, 2.45) is 0 Å². The summed E-state index contributed by atoms with van der Waals surface area (Å²) < 4.78 is 12.6. The lowest BCUT2D eigenvalue weighted by molar-refractivity contribution is 0.0764. The van der Waals surface area contributed by atoms with E-state index < -0.39 is 5.60 Å². The van der Waals surface area contributed by atoms with E-state index in [0.717, 1.165) is 56.4 Å². The van der Waals surface area contributed by atoms with E-state index in [2.05, 4.69) is 79.6 Å². The van der Waals surface area contributed by atoms with Gasteiger partial charge in [-0.25, -0.2) is 0 Å². The maximum absolute atomic E-state index is 10.0. The fourth-order valence-corrected chi connectivity index (χ4v) is 6.11. The molecule has 2 heterocycles. The van der Waals surface area contributed by atoms with Gasteiger partial charge in [-0.2, -0.15) is 10.5 Å². The molecule has 0 fully saturated rings. The highest BCUT2D eigenvalue weighted by molar-refractivity contribution is 7.13. The second-order valence-corrected chi connectivity index (χ2v) is 12.0. The summed E-state index contributed by atoms with van der Waals surface area (Å²) in [6.45, 7) is 5.58. The van der Waals surface area contributed by atoms with Gasteiger partial charge in [0.25, 0.3) is 0 Å². The molecule has 0 amide bonds. The summed E-state index contributed by atoms with van der Waals surface area (Å²) in [6.07, 6.45) is 10.5. The van der Waals surface area contributed by atoms with E-state index in [9.17, 15) is 10.5 Å². The first-order chi connectivity index (χ1) is 21.9. The first kappa shape index (κ1) is 31.1. The maximum Gasteiger partial charge on any atom is 0.158 e. The van der Waals surface area contributed by atoms with E-state index in [1.807, 2.05) is 73.7 Å². The molecule has 0 radical (unpaired) electrons. The molecule has 45 heavy (non-hydrogen) atoms. The number of hydrogen-bond acceptors (Lipinski definition) is 6. The van der Waals surface area contributed by atoms with Crippen molar-refractivity contribution in [3.05, 3.63) is 146 Å². The molecule has 5 rings (SSSR count). The lowest BCUT2D eigenvalue weighted by Crippen LogP contribution is -2.23. The van der Waals surface area contributed by atoms with Gasteiger partial charge in [-0.05, 0) is 67.0 Å². The summed E-state index contributed by atoms with van der Waals surface area (Å²) in [4.78, 5) is 4.36. The monoisotopic (exact) mass is 609 g/mol. The Morgan fingerprint density at radius 2 is 1.58 bits per heavy atom. The van der Waals surface area contributed by atoms with Gasteiger partial charge < -0.3 is 14.4 Å². The van der Waals surface area contributed by atoms with Crippen LogP contribution in [0.4, 0.5) is 5.69 Å². The Bertz CT molecular complexity index is 1840. The van der Waals surface area contributed by atoms with Crippen molar-refractivity contribution in [1.29, 1.82) is 10.5 Å². The number of rotatable bonds is 11. The van der Waals surface area contributed by atoms with Crippen LogP contribution in [0.1, 0.15) is 46.7 Å². The lowest BCUT2D eigenvalue weighted by atomic mass is 9.86. The number of ether oxygens (including phenoxy) is 2. The minimum absolute atomic E-state index is 0.290. The summed E-state index contributed by atoms with van der Waals surface area (Å²) in [5.74, 6) is 1.13. The van der Waals surface area contributed by atoms with Crippen molar-refractivity contribution in [3.8, 4) is 17.9 Å². The number of anilines is 1. The van der Waals surface area contributed by atoms with Crippen molar-refractivity contribution in [1.82, 2.24) is 0 Å². The van der Waals surface area contributed by atoms with Crippen LogP contribution >= 0.6 is 11.3 Å². The van der Waals surface area contributed by atoms with Crippen LogP contribution in [0, 0.1) is 22.7 Å². The molecule has 1 aliphatic heterocycles. The number of allylic oxidation sites excluding steroid dienone is 2. The summed E-state index contributed by atoms with van der Waals surface area (Å²) in [6, 6.07) is 34.7. The molecule has 224 valence electrons. The van der Waals surface area contributed by atoms with Crippen LogP contribution in [0.25, 0.3) is 18.2 Å². The number of hydrogen-bond donors (Lipinski definition) is 0. The zero-order valence-corrected chi connectivity index (χ0v) is 26.6. The first-order valence-electron chi connectivity index (χ1n) is 14.9. The highest BCUT2D eigenvalue weighted by Gasteiger charge is 2.42. The predicted molar refractivity (Wildman–Crippen MR) is 184 cm³/mol. The molecule has 1 atom stereocenters. The Balaban J connectivity index is 1.40. The minimum atomic E-state index is -0.890. The Morgan fingerprint density at radius 1 is 0.889 bits per heavy atom. The highest BCUT2D eigenvalue weighted by atomic mass is 32.1. The average molecular weight is 610 g/mol. The molecule has 1 aliphatic rings. The molecular formula is C39H35N3O2S. The van der Waals surface area contributed by atoms with Crippen molar-refractivity contribution in [2.75, 3.05) is 18.5 Å². The van der Waals surface area contributed by atoms with E-state index in [0.29, 0.717) is 12.2 Å². The van der Waals surface area contributed by atoms with E-state index in [-0.39, 0.29) is 5.76 Å². The molecule has 5 nitrogen and oxygen atoms in total. The van der Waals surface area contributed by atoms with Crippen molar-refractivity contribution >= 4 is 35.3 Å². The standard InChI is InChI=1S/C39H35N3O2S/c1-4-25-42(3)32-17-15-30(38(26-32)43-28-29-11-7-5-8-12-29)16-18-33-19-20-34(45-33)21-22-36-35(27-41)37(23-24-40)44-39(36,2)31-13-9-6-10-14-31/h5-23,26H,4,25,28H2,1-3H3/b18-16+,22-21+,37-23-. The molecule has 1 aromatic heterocycles. The average Bonchev–Trinajstić information content (AvgIpc) is 3.64. The fourth-order valence-electron chi connectivity index (χ4n) is 5.29. The van der Waals surface area contributed by atoms with Gasteiger partial charge in [0.15, 0.2) is 5.60 Å². The van der Waals surface area contributed by atoms with Crippen LogP contribution in [0.15, 0.2) is 120 Å². The van der Waals surface area contributed by atoms with Gasteiger partial charge in [0.05, 0.1) is 12.1 Å². The summed E-state index contributed by atoms with van der Waals surface area (Å²) in [5, 5.41) is 19.3. The van der Waals surface area contributed by atoms with Crippen LogP contribution in [-0.4, -0.2) is 13.6 Å². The normalized spacial score (nSPS) is 17.0. The van der Waals surface area contributed by atoms with Gasteiger partial charge in [0.1, 0.15) is 29.8 Å². The van der Waals surface area contributed by atoms with Gasteiger partial charge in [-0.3, -0.25) is 0 Å². The Hall–Kier alpha value is -5.30. The van der Waals surface area contributed by atoms with Crippen LogP contribution < -0.4 is 9.64 Å². The summed E-state index contributed by atoms with van der Waals surface area (Å²) >= 11 is 1.65. The first-order valence-corrected chi connectivity index (χ1v) is 15.7. The third kappa shape index (κ3) is 7.27. The second kappa shape index (κ2) is 14.4. The second-order valence-electron chi connectivity index (χ2n) is 10.9. The van der Waals surface area contributed by atoms with Gasteiger partial charge in [-0.1, -0.05) is 73.7 Å². The van der Waals surface area contributed by atoms with E-state index in [4.69, 9.17) is 9.47 Å². The van der Waals surface area contributed by atoms with Crippen LogP contribution in [0.5, 0.6) is 5.75 Å². The fraction of sp³-hybridized carbons (Fsp3) is 0.179. The molecule has 0 saturated carbocycles. The number of nitrogens with zero attached hydrogens (tertiary/aromatic N) is 3. The van der Waals surface area contributed by atoms with E-state index in [1.165, 1.54) is 6.08 Å². The zero-order valence-electron chi connectivity index (χ0n) is 25.7. The molecule has 0 bridgehead atoms. The lowest BCUT2D eigenvalue weighted by Gasteiger charge is -2.27. The van der Waals surface area contributed by atoms with Crippen molar-refractivity contribution < 1.29 is 9.47 Å². The zero-order chi connectivity index (χ0) is 31.6. The molecule has 0 spiro atoms. The van der Waals surface area contributed by atoms with E-state index in [1.54, 1.807) is 11.3 Å². The summed E-state index contributed by atoms with van der Waals surface area (Å²) in [7, 11) is 2.10. The third-order valence-electron chi connectivity index (χ3n) is 7.70. The topological polar surface area (TPSA) is 69.3 Å². The third-order valence-corrected chi connectivity index (χ3v) is 8.71. The largest absolute Gasteiger partial charge is 0.488 e. The minimum Gasteiger partial charge on any atom is -0.488 e. The van der Waals surface area contributed by atoms with Gasteiger partial charge in [0, 0.05) is 46.2 Å². The Morgan fingerprint density at radius 3 is 2.24 bits per heavy atom. The molecule has 0 saturated heterocycles. The SMILES string of the molecule is CCCN(C)c1ccc(/C=C/c2ccc(/C=C/C3=C(C#N)C(=C/C#N)/OC3(C)c3ccccc3)s2)c(OCc2ccccc2)c1. The molecule has 0 N–H and O–H groups in total. The van der Waals surface area contributed by atoms with Crippen LogP contribution in [0.2, 0.25) is 0 Å². The molecule has 6 heteroatoms. The summed E-state index contributed by atoms with van der Waals surface area (Å²) in [5.41, 5.74) is 4.36. The van der Waals surface area contributed by atoms with Gasteiger partial charge >= 0.3 is 0 Å². The maximum atomic E-state index is 10.0. The van der Waals surface area contributed by atoms with Gasteiger partial charge in [0.2, 0.25) is 0 Å². The highest BCUT2D eigenvalue weighted by Crippen LogP contribution is 2.46. The van der Waals surface area contributed by atoms with Gasteiger partial charge in [-0.15, -0.1) is 11.3 Å². The number of nitriles is 2. The number of thiophene rings is 1. The molecule has 1 unspecified atom stereocenters. The quantitative estimate of drug-likeness (QED) is 0.158. The van der Waals surface area contributed by atoms with Crippen LogP contribution in [-0.2, 0) is 16.9 Å². The van der Waals surface area contributed by atoms with Crippen molar-refractivity contribution in [3.63, 3.8) is 0 Å².